The van der Waals surface area contributed by atoms with E-state index < -0.39 is 11.9 Å². The summed E-state index contributed by atoms with van der Waals surface area (Å²) in [6, 6.07) is 16.6. The van der Waals surface area contributed by atoms with Crippen LogP contribution in [0.15, 0.2) is 66.7 Å². The van der Waals surface area contributed by atoms with Crippen LogP contribution >= 0.6 is 0 Å². The number of hydrogen-bond donors (Lipinski definition) is 1. The maximum Gasteiger partial charge on any atom is 0.331 e. The highest BCUT2D eigenvalue weighted by Crippen LogP contribution is 2.09. The van der Waals surface area contributed by atoms with Gasteiger partial charge in [-0.1, -0.05) is 48.5 Å². The average Bonchev–Trinajstić information content (AvgIpc) is 2.57. The molecule has 2 aromatic carbocycles. The molecule has 0 bridgehead atoms. The summed E-state index contributed by atoms with van der Waals surface area (Å²) >= 11 is 0. The minimum atomic E-state index is -1.00. The summed E-state index contributed by atoms with van der Waals surface area (Å²) < 4.78 is 5.14. The minimum Gasteiger partial charge on any atom is -0.478 e. The van der Waals surface area contributed by atoms with Crippen molar-refractivity contribution < 1.29 is 19.4 Å². The number of carbonyl (C=O) groups excluding carboxylic acids is 1. The quantitative estimate of drug-likeness (QED) is 0.655. The molecule has 0 atom stereocenters. The van der Waals surface area contributed by atoms with Gasteiger partial charge in [0, 0.05) is 12.2 Å². The smallest absolute Gasteiger partial charge is 0.331 e. The second-order valence-corrected chi connectivity index (χ2v) is 4.77. The average molecular weight is 308 g/mol. The number of esters is 1. The van der Waals surface area contributed by atoms with E-state index in [0.717, 1.165) is 22.8 Å². The maximum absolute atomic E-state index is 11.7. The molecule has 116 valence electrons. The van der Waals surface area contributed by atoms with Gasteiger partial charge < -0.3 is 9.84 Å². The van der Waals surface area contributed by atoms with Gasteiger partial charge in [0.2, 0.25) is 0 Å². The summed E-state index contributed by atoms with van der Waals surface area (Å²) in [6.07, 6.45) is 5.54. The van der Waals surface area contributed by atoms with E-state index in [1.54, 1.807) is 24.3 Å². The second kappa shape index (κ2) is 8.34. The first-order valence-corrected chi connectivity index (χ1v) is 7.03. The van der Waals surface area contributed by atoms with Gasteiger partial charge in [0.1, 0.15) is 6.61 Å². The Balaban J connectivity index is 1.93. The molecule has 0 radical (unpaired) electrons. The lowest BCUT2D eigenvalue weighted by atomic mass is 10.1. The number of hydrogen-bond acceptors (Lipinski definition) is 3. The lowest BCUT2D eigenvalue weighted by molar-refractivity contribution is -0.139. The van der Waals surface area contributed by atoms with Crippen LogP contribution in [0.1, 0.15) is 16.7 Å². The number of rotatable bonds is 6. The highest BCUT2D eigenvalue weighted by molar-refractivity contribution is 5.87. The van der Waals surface area contributed by atoms with E-state index in [-0.39, 0.29) is 6.61 Å². The molecule has 0 heterocycles. The van der Waals surface area contributed by atoms with E-state index in [1.807, 2.05) is 36.4 Å². The first-order valence-electron chi connectivity index (χ1n) is 7.03. The van der Waals surface area contributed by atoms with Gasteiger partial charge in [0.25, 0.3) is 0 Å². The van der Waals surface area contributed by atoms with Crippen molar-refractivity contribution in [3.05, 3.63) is 83.4 Å². The monoisotopic (exact) mass is 308 g/mol. The lowest BCUT2D eigenvalue weighted by Crippen LogP contribution is -2.00. The van der Waals surface area contributed by atoms with Gasteiger partial charge in [-0.15, -0.1) is 0 Å². The molecule has 0 aliphatic heterocycles. The fourth-order valence-electron chi connectivity index (χ4n) is 1.87. The van der Waals surface area contributed by atoms with Crippen LogP contribution < -0.4 is 0 Å². The van der Waals surface area contributed by atoms with Crippen LogP contribution in [0.25, 0.3) is 12.2 Å². The predicted octanol–water partition coefficient (Wildman–Crippen LogP) is 3.54. The van der Waals surface area contributed by atoms with Crippen molar-refractivity contribution in [2.75, 3.05) is 0 Å². The zero-order valence-corrected chi connectivity index (χ0v) is 12.4. The molecule has 1 N–H and O–H groups in total. The standard InChI is InChI=1S/C19H16O4/c20-18(21)11-9-15-7-4-8-16(13-15)10-12-19(22)23-14-17-5-2-1-3-6-17/h1-13H,14H2,(H,20,21). The number of ether oxygens (including phenoxy) is 1. The number of carboxylic acids is 1. The molecule has 0 aromatic heterocycles. The molecule has 4 heteroatoms. The Hall–Kier alpha value is -3.14. The molecule has 4 nitrogen and oxygen atoms in total. The highest BCUT2D eigenvalue weighted by Gasteiger charge is 1.98. The molecule has 23 heavy (non-hydrogen) atoms. The molecule has 0 spiro atoms. The molecule has 0 fully saturated rings. The van der Waals surface area contributed by atoms with Crippen molar-refractivity contribution in [1.82, 2.24) is 0 Å². The van der Waals surface area contributed by atoms with Gasteiger partial charge in [-0.25, -0.2) is 9.59 Å². The number of carbonyl (C=O) groups is 2. The molecule has 0 aliphatic rings. The van der Waals surface area contributed by atoms with E-state index in [2.05, 4.69) is 0 Å². The van der Waals surface area contributed by atoms with E-state index >= 15 is 0 Å². The van der Waals surface area contributed by atoms with Crippen molar-refractivity contribution in [3.8, 4) is 0 Å². The third-order valence-electron chi connectivity index (χ3n) is 2.96. The Morgan fingerprint density at radius 3 is 2.22 bits per heavy atom. The fraction of sp³-hybridized carbons (Fsp3) is 0.0526. The molecule has 0 saturated heterocycles. The molecule has 2 rings (SSSR count). The first-order chi connectivity index (χ1) is 11.1. The van der Waals surface area contributed by atoms with Crippen LogP contribution in [0, 0.1) is 0 Å². The van der Waals surface area contributed by atoms with Crippen LogP contribution in [0.3, 0.4) is 0 Å². The van der Waals surface area contributed by atoms with E-state index in [9.17, 15) is 9.59 Å². The number of carboxylic acid groups (broad SMARTS) is 1. The SMILES string of the molecule is O=C(O)C=Cc1cccc(C=CC(=O)OCc2ccccc2)c1. The Morgan fingerprint density at radius 1 is 0.913 bits per heavy atom. The summed E-state index contributed by atoms with van der Waals surface area (Å²) in [5.74, 6) is -1.43. The van der Waals surface area contributed by atoms with Crippen molar-refractivity contribution in [2.24, 2.45) is 0 Å². The van der Waals surface area contributed by atoms with Crippen molar-refractivity contribution in [3.63, 3.8) is 0 Å². The third kappa shape index (κ3) is 6.01. The summed E-state index contributed by atoms with van der Waals surface area (Å²) in [5, 5.41) is 8.61. The third-order valence-corrected chi connectivity index (χ3v) is 2.96. The topological polar surface area (TPSA) is 63.6 Å². The molecular weight excluding hydrogens is 292 g/mol. The maximum atomic E-state index is 11.7. The van der Waals surface area contributed by atoms with Gasteiger partial charge in [-0.3, -0.25) is 0 Å². The predicted molar refractivity (Wildman–Crippen MR) is 88.4 cm³/mol. The van der Waals surface area contributed by atoms with Crippen LogP contribution in [0.4, 0.5) is 0 Å². The Bertz CT molecular complexity index is 730. The molecule has 0 aliphatic carbocycles. The normalized spacial score (nSPS) is 11.0. The van der Waals surface area contributed by atoms with Crippen LogP contribution in [0.2, 0.25) is 0 Å². The largest absolute Gasteiger partial charge is 0.478 e. The number of aliphatic carboxylic acids is 1. The van der Waals surface area contributed by atoms with Gasteiger partial charge in [-0.05, 0) is 34.9 Å². The van der Waals surface area contributed by atoms with Gasteiger partial charge in [0.05, 0.1) is 0 Å². The van der Waals surface area contributed by atoms with E-state index in [1.165, 1.54) is 12.2 Å². The minimum absolute atomic E-state index is 0.228. The van der Waals surface area contributed by atoms with Crippen LogP contribution in [-0.2, 0) is 20.9 Å². The van der Waals surface area contributed by atoms with Crippen molar-refractivity contribution in [1.29, 1.82) is 0 Å². The fourth-order valence-corrected chi connectivity index (χ4v) is 1.87. The molecule has 0 amide bonds. The Labute approximate surface area is 134 Å². The summed E-state index contributed by atoms with van der Waals surface area (Å²) in [6.45, 7) is 0.228. The summed E-state index contributed by atoms with van der Waals surface area (Å²) in [4.78, 5) is 22.2. The molecular formula is C19H16O4. The first kappa shape index (κ1) is 16.2. The second-order valence-electron chi connectivity index (χ2n) is 4.77. The van der Waals surface area contributed by atoms with Gasteiger partial charge in [-0.2, -0.15) is 0 Å². The van der Waals surface area contributed by atoms with Crippen molar-refractivity contribution in [2.45, 2.75) is 6.61 Å². The Morgan fingerprint density at radius 2 is 1.57 bits per heavy atom. The van der Waals surface area contributed by atoms with E-state index in [0.29, 0.717) is 0 Å². The molecule has 0 unspecified atom stereocenters. The van der Waals surface area contributed by atoms with Crippen LogP contribution in [0.5, 0.6) is 0 Å². The Kier molecular flexibility index (Phi) is 5.89. The number of benzene rings is 2. The van der Waals surface area contributed by atoms with Crippen LogP contribution in [-0.4, -0.2) is 17.0 Å². The van der Waals surface area contributed by atoms with Gasteiger partial charge >= 0.3 is 11.9 Å². The zero-order valence-electron chi connectivity index (χ0n) is 12.4. The lowest BCUT2D eigenvalue weighted by Gasteiger charge is -2.01. The zero-order chi connectivity index (χ0) is 16.5. The van der Waals surface area contributed by atoms with Gasteiger partial charge in [0.15, 0.2) is 0 Å². The molecule has 0 saturated carbocycles. The summed E-state index contributed by atoms with van der Waals surface area (Å²) in [5.41, 5.74) is 2.46. The summed E-state index contributed by atoms with van der Waals surface area (Å²) in [7, 11) is 0. The van der Waals surface area contributed by atoms with Crippen molar-refractivity contribution >= 4 is 24.1 Å². The van der Waals surface area contributed by atoms with E-state index in [4.69, 9.17) is 9.84 Å². The molecule has 2 aromatic rings. The highest BCUT2D eigenvalue weighted by atomic mass is 16.5.